The van der Waals surface area contributed by atoms with Crippen molar-refractivity contribution in [1.82, 2.24) is 9.55 Å². The lowest BCUT2D eigenvalue weighted by Crippen LogP contribution is -2.12. The third-order valence-electron chi connectivity index (χ3n) is 4.71. The second-order valence-corrected chi connectivity index (χ2v) is 7.09. The molecule has 3 aromatic carbocycles. The Morgan fingerprint density at radius 2 is 1.90 bits per heavy atom. The Balaban J connectivity index is 1.62. The molecule has 6 heteroatoms. The topological polar surface area (TPSA) is 56.1 Å². The summed E-state index contributed by atoms with van der Waals surface area (Å²) in [7, 11) is 1.98. The summed E-state index contributed by atoms with van der Waals surface area (Å²) in [5.74, 6) is 1.91. The number of benzene rings is 3. The molecule has 1 heterocycles. The highest BCUT2D eigenvalue weighted by atomic mass is 35.5. The van der Waals surface area contributed by atoms with E-state index in [-0.39, 0.29) is 5.91 Å². The van der Waals surface area contributed by atoms with Crippen LogP contribution in [0.4, 0.5) is 5.69 Å². The van der Waals surface area contributed by atoms with E-state index < -0.39 is 0 Å². The minimum Gasteiger partial charge on any atom is -0.455 e. The van der Waals surface area contributed by atoms with E-state index in [2.05, 4.69) is 17.2 Å². The van der Waals surface area contributed by atoms with Crippen LogP contribution in [0.3, 0.4) is 0 Å². The third kappa shape index (κ3) is 3.96. The number of nitrogens with zero attached hydrogens (tertiary/aromatic N) is 2. The molecule has 0 bridgehead atoms. The predicted molar refractivity (Wildman–Crippen MR) is 116 cm³/mol. The van der Waals surface area contributed by atoms with Crippen LogP contribution in [0.5, 0.6) is 11.5 Å². The number of hydrogen-bond acceptors (Lipinski definition) is 3. The zero-order valence-electron chi connectivity index (χ0n) is 16.1. The van der Waals surface area contributed by atoms with Gasteiger partial charge in [-0.3, -0.25) is 4.79 Å². The first-order valence-corrected chi connectivity index (χ1v) is 9.72. The van der Waals surface area contributed by atoms with Crippen LogP contribution in [-0.4, -0.2) is 15.5 Å². The van der Waals surface area contributed by atoms with Gasteiger partial charge in [0, 0.05) is 24.1 Å². The van der Waals surface area contributed by atoms with Crippen molar-refractivity contribution < 1.29 is 9.53 Å². The zero-order valence-corrected chi connectivity index (χ0v) is 16.9. The smallest absolute Gasteiger partial charge is 0.255 e. The van der Waals surface area contributed by atoms with Gasteiger partial charge in [-0.1, -0.05) is 36.7 Å². The number of hydrogen-bond donors (Lipinski definition) is 1. The SMILES string of the molecule is CCc1nc2cc(C(=O)Nc3cc(Cl)ccc3Oc3ccccc3)ccc2n1C. The lowest BCUT2D eigenvalue weighted by Gasteiger charge is -2.13. The minimum absolute atomic E-state index is 0.254. The van der Waals surface area contributed by atoms with Crippen molar-refractivity contribution in [3.05, 3.63) is 83.1 Å². The number of nitrogens with one attached hydrogen (secondary N) is 1. The molecule has 0 saturated carbocycles. The molecule has 29 heavy (non-hydrogen) atoms. The van der Waals surface area contributed by atoms with Crippen LogP contribution in [0, 0.1) is 0 Å². The van der Waals surface area contributed by atoms with Gasteiger partial charge in [0.25, 0.3) is 5.91 Å². The van der Waals surface area contributed by atoms with Gasteiger partial charge in [-0.05, 0) is 48.5 Å². The number of rotatable bonds is 5. The molecule has 4 aromatic rings. The van der Waals surface area contributed by atoms with E-state index in [0.29, 0.717) is 27.8 Å². The number of amides is 1. The van der Waals surface area contributed by atoms with Gasteiger partial charge in [-0.2, -0.15) is 0 Å². The molecule has 0 aliphatic rings. The molecule has 0 saturated heterocycles. The Labute approximate surface area is 173 Å². The normalized spacial score (nSPS) is 10.9. The highest BCUT2D eigenvalue weighted by Crippen LogP contribution is 2.32. The molecule has 0 fully saturated rings. The number of aryl methyl sites for hydroxylation is 2. The third-order valence-corrected chi connectivity index (χ3v) is 4.95. The molecule has 1 amide bonds. The number of imidazole rings is 1. The van der Waals surface area contributed by atoms with E-state index in [1.165, 1.54) is 0 Å². The number of anilines is 1. The quantitative estimate of drug-likeness (QED) is 0.454. The second kappa shape index (κ2) is 7.97. The van der Waals surface area contributed by atoms with Gasteiger partial charge in [0.15, 0.2) is 5.75 Å². The molecule has 5 nitrogen and oxygen atoms in total. The summed E-state index contributed by atoms with van der Waals surface area (Å²) < 4.78 is 7.96. The zero-order chi connectivity index (χ0) is 20.4. The van der Waals surface area contributed by atoms with Crippen LogP contribution in [0.25, 0.3) is 11.0 Å². The average molecular weight is 406 g/mol. The Hall–Kier alpha value is -3.31. The van der Waals surface area contributed by atoms with E-state index in [9.17, 15) is 4.79 Å². The average Bonchev–Trinajstić information content (AvgIpc) is 3.06. The highest BCUT2D eigenvalue weighted by Gasteiger charge is 2.14. The minimum atomic E-state index is -0.254. The molecule has 1 aromatic heterocycles. The van der Waals surface area contributed by atoms with Crippen LogP contribution >= 0.6 is 11.6 Å². The summed E-state index contributed by atoms with van der Waals surface area (Å²) in [6.07, 6.45) is 0.829. The van der Waals surface area contributed by atoms with Crippen LogP contribution in [0.2, 0.25) is 5.02 Å². The van der Waals surface area contributed by atoms with Gasteiger partial charge >= 0.3 is 0 Å². The monoisotopic (exact) mass is 405 g/mol. The van der Waals surface area contributed by atoms with Crippen molar-refractivity contribution in [3.63, 3.8) is 0 Å². The summed E-state index contributed by atoms with van der Waals surface area (Å²) in [4.78, 5) is 17.5. The summed E-state index contributed by atoms with van der Waals surface area (Å²) >= 11 is 6.14. The molecule has 0 radical (unpaired) electrons. The molecule has 1 N–H and O–H groups in total. The van der Waals surface area contributed by atoms with Crippen molar-refractivity contribution in [1.29, 1.82) is 0 Å². The van der Waals surface area contributed by atoms with Crippen LogP contribution in [0.15, 0.2) is 66.7 Å². The van der Waals surface area contributed by atoms with Crippen molar-refractivity contribution in [2.75, 3.05) is 5.32 Å². The van der Waals surface area contributed by atoms with E-state index in [1.807, 2.05) is 48.0 Å². The maximum absolute atomic E-state index is 12.9. The molecule has 0 spiro atoms. The summed E-state index contributed by atoms with van der Waals surface area (Å²) in [5, 5.41) is 3.41. The Bertz CT molecular complexity index is 1190. The number of ether oxygens (including phenoxy) is 1. The molecular weight excluding hydrogens is 386 g/mol. The predicted octanol–water partition coefficient (Wildman–Crippen LogP) is 5.83. The molecule has 4 rings (SSSR count). The fraction of sp³-hybridized carbons (Fsp3) is 0.130. The molecule has 0 unspecified atom stereocenters. The van der Waals surface area contributed by atoms with Gasteiger partial charge in [0.1, 0.15) is 11.6 Å². The van der Waals surface area contributed by atoms with E-state index >= 15 is 0 Å². The molecule has 0 aliphatic heterocycles. The largest absolute Gasteiger partial charge is 0.455 e. The maximum atomic E-state index is 12.9. The maximum Gasteiger partial charge on any atom is 0.255 e. The van der Waals surface area contributed by atoms with Crippen molar-refractivity contribution in [3.8, 4) is 11.5 Å². The van der Waals surface area contributed by atoms with Crippen LogP contribution in [0.1, 0.15) is 23.1 Å². The first-order chi connectivity index (χ1) is 14.0. The Morgan fingerprint density at radius 1 is 1.10 bits per heavy atom. The number of carbonyl (C=O) groups excluding carboxylic acids is 1. The van der Waals surface area contributed by atoms with Gasteiger partial charge in [0.2, 0.25) is 0 Å². The van der Waals surface area contributed by atoms with Gasteiger partial charge in [-0.15, -0.1) is 0 Å². The van der Waals surface area contributed by atoms with Crippen molar-refractivity contribution in [2.45, 2.75) is 13.3 Å². The van der Waals surface area contributed by atoms with Gasteiger partial charge in [0.05, 0.1) is 16.7 Å². The summed E-state index contributed by atoms with van der Waals surface area (Å²) in [5.41, 5.74) is 2.81. The molecular formula is C23H20ClN3O2. The van der Waals surface area contributed by atoms with Gasteiger partial charge < -0.3 is 14.6 Å². The Kier molecular flexibility index (Phi) is 5.23. The number of fused-ring (bicyclic) bond motifs is 1. The second-order valence-electron chi connectivity index (χ2n) is 6.65. The molecule has 0 atom stereocenters. The number of carbonyl (C=O) groups is 1. The van der Waals surface area contributed by atoms with Crippen molar-refractivity contribution >= 4 is 34.2 Å². The van der Waals surface area contributed by atoms with Crippen LogP contribution in [-0.2, 0) is 13.5 Å². The van der Waals surface area contributed by atoms with E-state index in [0.717, 1.165) is 23.3 Å². The fourth-order valence-electron chi connectivity index (χ4n) is 3.21. The first-order valence-electron chi connectivity index (χ1n) is 9.34. The lowest BCUT2D eigenvalue weighted by atomic mass is 10.1. The number of halogens is 1. The summed E-state index contributed by atoms with van der Waals surface area (Å²) in [6, 6.07) is 20.0. The van der Waals surface area contributed by atoms with E-state index in [4.69, 9.17) is 16.3 Å². The standard InChI is InChI=1S/C23H20ClN3O2/c1-3-22-25-18-13-15(9-11-20(18)27(22)2)23(28)26-19-14-16(24)10-12-21(19)29-17-7-5-4-6-8-17/h4-14H,3H2,1-2H3,(H,26,28). The highest BCUT2D eigenvalue weighted by molar-refractivity contribution is 6.31. The first kappa shape index (κ1) is 19.0. The van der Waals surface area contributed by atoms with E-state index in [1.54, 1.807) is 30.3 Å². The Morgan fingerprint density at radius 3 is 2.66 bits per heavy atom. The number of para-hydroxylation sites is 1. The van der Waals surface area contributed by atoms with Gasteiger partial charge in [-0.25, -0.2) is 4.98 Å². The lowest BCUT2D eigenvalue weighted by molar-refractivity contribution is 0.102. The number of aromatic nitrogens is 2. The van der Waals surface area contributed by atoms with Crippen molar-refractivity contribution in [2.24, 2.45) is 7.05 Å². The molecule has 0 aliphatic carbocycles. The molecule has 146 valence electrons. The summed E-state index contributed by atoms with van der Waals surface area (Å²) in [6.45, 7) is 2.06. The fourth-order valence-corrected chi connectivity index (χ4v) is 3.38. The van der Waals surface area contributed by atoms with Crippen LogP contribution < -0.4 is 10.1 Å².